The molecule has 30 heavy (non-hydrogen) atoms. The van der Waals surface area contributed by atoms with Gasteiger partial charge in [-0.3, -0.25) is 14.8 Å². The van der Waals surface area contributed by atoms with E-state index in [1.807, 2.05) is 20.8 Å². The molecule has 3 atom stereocenters. The number of rotatable bonds is 6. The third-order valence-corrected chi connectivity index (χ3v) is 6.92. The molecule has 0 saturated carbocycles. The van der Waals surface area contributed by atoms with Gasteiger partial charge in [0.15, 0.2) is 0 Å². The van der Waals surface area contributed by atoms with Crippen LogP contribution in [0.3, 0.4) is 0 Å². The van der Waals surface area contributed by atoms with Gasteiger partial charge in [-0.05, 0) is 50.9 Å². The Morgan fingerprint density at radius 3 is 2.43 bits per heavy atom. The van der Waals surface area contributed by atoms with Crippen molar-refractivity contribution in [3.8, 4) is 0 Å². The summed E-state index contributed by atoms with van der Waals surface area (Å²) in [5.41, 5.74) is -3.78. The van der Waals surface area contributed by atoms with Crippen molar-refractivity contribution in [2.75, 3.05) is 19.7 Å². The van der Waals surface area contributed by atoms with Gasteiger partial charge in [-0.2, -0.15) is 17.5 Å². The molecule has 0 aromatic heterocycles. The van der Waals surface area contributed by atoms with Gasteiger partial charge in [0, 0.05) is 25.0 Å². The lowest BCUT2D eigenvalue weighted by molar-refractivity contribution is -0.149. The smallest absolute Gasteiger partial charge is 0.353 e. The van der Waals surface area contributed by atoms with Gasteiger partial charge in [0.1, 0.15) is 0 Å². The van der Waals surface area contributed by atoms with Crippen LogP contribution in [-0.4, -0.2) is 55.1 Å². The predicted octanol–water partition coefficient (Wildman–Crippen LogP) is 2.80. The van der Waals surface area contributed by atoms with Crippen LogP contribution < -0.4 is 11.0 Å². The summed E-state index contributed by atoms with van der Waals surface area (Å²) in [6, 6.07) is -0.196. The Bertz CT molecular complexity index is 631. The van der Waals surface area contributed by atoms with Crippen LogP contribution in [0.1, 0.15) is 59.3 Å². The summed E-state index contributed by atoms with van der Waals surface area (Å²) in [5.74, 6) is -0.871. The molecule has 0 spiro atoms. The first-order valence-electron chi connectivity index (χ1n) is 10.3. The SMILES string of the molecule is CC(C)C[C@H]1C(=O)N[C@H](C)CCCCN(S(=O)(=O)C(F)(F)F)CCC[C@@H]1CONO. The second-order valence-electron chi connectivity index (χ2n) is 8.30. The van der Waals surface area contributed by atoms with E-state index in [-0.39, 0.29) is 56.8 Å². The van der Waals surface area contributed by atoms with Crippen molar-refractivity contribution in [3.63, 3.8) is 0 Å². The number of nitrogens with one attached hydrogen (secondary N) is 2. The molecule has 1 aliphatic heterocycles. The van der Waals surface area contributed by atoms with Gasteiger partial charge in [0.05, 0.1) is 6.61 Å². The summed E-state index contributed by atoms with van der Waals surface area (Å²) in [6.07, 6.45) is 2.21. The summed E-state index contributed by atoms with van der Waals surface area (Å²) in [5, 5.41) is 11.7. The minimum absolute atomic E-state index is 0.0400. The Morgan fingerprint density at radius 1 is 1.23 bits per heavy atom. The molecule has 0 aromatic rings. The van der Waals surface area contributed by atoms with Gasteiger partial charge >= 0.3 is 15.5 Å². The second-order valence-corrected chi connectivity index (χ2v) is 10.2. The maximum Gasteiger partial charge on any atom is 0.511 e. The Hall–Kier alpha value is -0.950. The van der Waals surface area contributed by atoms with Crippen molar-refractivity contribution in [1.29, 1.82) is 0 Å². The number of amides is 1. The van der Waals surface area contributed by atoms with E-state index in [9.17, 15) is 26.4 Å². The van der Waals surface area contributed by atoms with Crippen LogP contribution in [0.25, 0.3) is 0 Å². The summed E-state index contributed by atoms with van der Waals surface area (Å²) < 4.78 is 63.6. The fourth-order valence-electron chi connectivity index (χ4n) is 3.76. The van der Waals surface area contributed by atoms with Crippen LogP contribution in [0.15, 0.2) is 0 Å². The van der Waals surface area contributed by atoms with E-state index in [0.717, 1.165) is 0 Å². The highest BCUT2D eigenvalue weighted by Gasteiger charge is 2.49. The lowest BCUT2D eigenvalue weighted by Gasteiger charge is -2.29. The van der Waals surface area contributed by atoms with Crippen LogP contribution in [0.2, 0.25) is 0 Å². The number of hydrogen-bond donors (Lipinski definition) is 3. The van der Waals surface area contributed by atoms with E-state index in [0.29, 0.717) is 23.6 Å². The lowest BCUT2D eigenvalue weighted by atomic mass is 9.82. The molecule has 12 heteroatoms. The number of carbonyl (C=O) groups excluding carboxylic acids is 1. The molecule has 1 amide bonds. The van der Waals surface area contributed by atoms with Crippen LogP contribution >= 0.6 is 0 Å². The largest absolute Gasteiger partial charge is 0.511 e. The standard InChI is InChI=1S/C18H34F3N3O5S/c1-13(2)11-16-15(12-29-23-26)8-6-10-24(30(27,28)18(19,20)21)9-5-4-7-14(3)22-17(16)25/h13-16,23,26H,4-12H2,1-3H3,(H,22,25)/t14-,15-,16-/m1/s1. The average Bonchev–Trinajstić information content (AvgIpc) is 2.63. The average molecular weight is 462 g/mol. The zero-order chi connectivity index (χ0) is 22.9. The number of carbonyl (C=O) groups is 1. The fourth-order valence-corrected chi connectivity index (χ4v) is 4.79. The van der Waals surface area contributed by atoms with Gasteiger partial charge in [-0.25, -0.2) is 8.42 Å². The monoisotopic (exact) mass is 461 g/mol. The molecule has 0 unspecified atom stereocenters. The van der Waals surface area contributed by atoms with Crippen molar-refractivity contribution in [1.82, 2.24) is 15.3 Å². The molecule has 1 fully saturated rings. The first kappa shape index (κ1) is 27.1. The summed E-state index contributed by atoms with van der Waals surface area (Å²) >= 11 is 0. The van der Waals surface area contributed by atoms with E-state index >= 15 is 0 Å². The summed E-state index contributed by atoms with van der Waals surface area (Å²) in [4.78, 5) is 17.8. The van der Waals surface area contributed by atoms with Gasteiger partial charge in [-0.15, -0.1) is 0 Å². The summed E-state index contributed by atoms with van der Waals surface area (Å²) in [7, 11) is -5.42. The van der Waals surface area contributed by atoms with E-state index in [1.165, 1.54) is 0 Å². The van der Waals surface area contributed by atoms with E-state index in [1.54, 1.807) is 5.64 Å². The quantitative estimate of drug-likeness (QED) is 0.525. The molecule has 1 heterocycles. The second kappa shape index (κ2) is 12.2. The zero-order valence-electron chi connectivity index (χ0n) is 17.7. The van der Waals surface area contributed by atoms with Gasteiger partial charge in [-0.1, -0.05) is 25.9 Å². The van der Waals surface area contributed by atoms with Gasteiger partial charge in [0.25, 0.3) is 0 Å². The van der Waals surface area contributed by atoms with Crippen molar-refractivity contribution in [2.45, 2.75) is 70.8 Å². The number of halogens is 3. The Kier molecular flexibility index (Phi) is 11.0. The molecule has 3 N–H and O–H groups in total. The number of sulfonamides is 1. The molecule has 0 aliphatic carbocycles. The molecule has 0 bridgehead atoms. The normalized spacial score (nSPS) is 26.5. The minimum atomic E-state index is -5.42. The van der Waals surface area contributed by atoms with Crippen molar-refractivity contribution < 1.29 is 36.4 Å². The molecule has 8 nitrogen and oxygen atoms in total. The van der Waals surface area contributed by atoms with E-state index in [2.05, 4.69) is 5.32 Å². The number of alkyl halides is 3. The molecule has 1 rings (SSSR count). The minimum Gasteiger partial charge on any atom is -0.353 e. The van der Waals surface area contributed by atoms with Crippen molar-refractivity contribution in [2.24, 2.45) is 17.8 Å². The highest BCUT2D eigenvalue weighted by Crippen LogP contribution is 2.30. The third kappa shape index (κ3) is 8.29. The first-order chi connectivity index (χ1) is 13.9. The van der Waals surface area contributed by atoms with Crippen molar-refractivity contribution >= 4 is 15.9 Å². The fraction of sp³-hybridized carbons (Fsp3) is 0.944. The van der Waals surface area contributed by atoms with E-state index in [4.69, 9.17) is 10.0 Å². The van der Waals surface area contributed by atoms with Crippen LogP contribution in [0, 0.1) is 17.8 Å². The molecule has 1 saturated heterocycles. The topological polar surface area (TPSA) is 108 Å². The predicted molar refractivity (Wildman–Crippen MR) is 105 cm³/mol. The molecule has 178 valence electrons. The van der Waals surface area contributed by atoms with Crippen LogP contribution in [0.4, 0.5) is 13.2 Å². The Morgan fingerprint density at radius 2 is 1.87 bits per heavy atom. The molecule has 0 aromatic carbocycles. The molecule has 0 radical (unpaired) electrons. The highest BCUT2D eigenvalue weighted by atomic mass is 32.2. The Balaban J connectivity index is 3.12. The summed E-state index contributed by atoms with van der Waals surface area (Å²) in [6.45, 7) is 5.17. The Labute approximate surface area is 176 Å². The van der Waals surface area contributed by atoms with Crippen LogP contribution in [0.5, 0.6) is 0 Å². The molecular weight excluding hydrogens is 427 g/mol. The number of nitrogens with zero attached hydrogens (tertiary/aromatic N) is 1. The zero-order valence-corrected chi connectivity index (χ0v) is 18.6. The maximum atomic E-state index is 13.1. The van der Waals surface area contributed by atoms with Gasteiger partial charge < -0.3 is 5.32 Å². The lowest BCUT2D eigenvalue weighted by Crippen LogP contribution is -2.42. The van der Waals surface area contributed by atoms with Crippen LogP contribution in [-0.2, 0) is 19.7 Å². The first-order valence-corrected chi connectivity index (χ1v) is 11.7. The molecule has 1 aliphatic rings. The van der Waals surface area contributed by atoms with E-state index < -0.39 is 27.4 Å². The highest BCUT2D eigenvalue weighted by molar-refractivity contribution is 7.90. The third-order valence-electron chi connectivity index (χ3n) is 5.29. The maximum absolute atomic E-state index is 13.1. The number of hydrogen-bond acceptors (Lipinski definition) is 6. The van der Waals surface area contributed by atoms with Crippen molar-refractivity contribution in [3.05, 3.63) is 0 Å². The molecular formula is C18H34F3N3O5S. The van der Waals surface area contributed by atoms with Gasteiger partial charge in [0.2, 0.25) is 5.91 Å².